The standard InChI is InChI=1S/C12H17ClN2O2/c1-9(2)15(6-7-17-3)12(16)10-8-14-5-4-11(10)13/h4-5,8-9H,6-7H2,1-3H3. The highest BCUT2D eigenvalue weighted by atomic mass is 35.5. The number of rotatable bonds is 5. The monoisotopic (exact) mass is 256 g/mol. The number of ether oxygens (including phenoxy) is 1. The molecule has 0 N–H and O–H groups in total. The van der Waals surface area contributed by atoms with Crippen LogP contribution in [0.3, 0.4) is 0 Å². The van der Waals surface area contributed by atoms with Crippen LogP contribution in [-0.2, 0) is 4.74 Å². The first-order valence-electron chi connectivity index (χ1n) is 5.47. The number of amides is 1. The third kappa shape index (κ3) is 3.68. The second kappa shape index (κ2) is 6.57. The van der Waals surface area contributed by atoms with Gasteiger partial charge in [0.15, 0.2) is 0 Å². The fraction of sp³-hybridized carbons (Fsp3) is 0.500. The maximum atomic E-state index is 12.3. The van der Waals surface area contributed by atoms with Crippen molar-refractivity contribution in [3.05, 3.63) is 29.0 Å². The van der Waals surface area contributed by atoms with Crippen LogP contribution in [0.4, 0.5) is 0 Å². The van der Waals surface area contributed by atoms with Crippen LogP contribution in [0.5, 0.6) is 0 Å². The second-order valence-electron chi connectivity index (χ2n) is 3.94. The predicted octanol–water partition coefficient (Wildman–Crippen LogP) is 2.23. The molecule has 1 amide bonds. The summed E-state index contributed by atoms with van der Waals surface area (Å²) in [5.74, 6) is -0.116. The van der Waals surface area contributed by atoms with E-state index >= 15 is 0 Å². The van der Waals surface area contributed by atoms with Crippen molar-refractivity contribution < 1.29 is 9.53 Å². The SMILES string of the molecule is COCCN(C(=O)c1cnccc1Cl)C(C)C. The molecule has 0 spiro atoms. The molecule has 0 aliphatic carbocycles. The molecule has 17 heavy (non-hydrogen) atoms. The van der Waals surface area contributed by atoms with E-state index in [1.165, 1.54) is 6.20 Å². The Morgan fingerprint density at radius 2 is 2.29 bits per heavy atom. The van der Waals surface area contributed by atoms with Crippen LogP contribution in [0, 0.1) is 0 Å². The van der Waals surface area contributed by atoms with Crippen molar-refractivity contribution in [3.8, 4) is 0 Å². The largest absolute Gasteiger partial charge is 0.383 e. The number of pyridine rings is 1. The van der Waals surface area contributed by atoms with E-state index in [9.17, 15) is 4.79 Å². The van der Waals surface area contributed by atoms with Crippen molar-refractivity contribution in [2.75, 3.05) is 20.3 Å². The lowest BCUT2D eigenvalue weighted by atomic mass is 10.2. The first-order chi connectivity index (χ1) is 8.07. The minimum Gasteiger partial charge on any atom is -0.383 e. The molecule has 1 heterocycles. The van der Waals surface area contributed by atoms with Gasteiger partial charge in [0, 0.05) is 32.1 Å². The lowest BCUT2D eigenvalue weighted by molar-refractivity contribution is 0.0634. The number of aromatic nitrogens is 1. The number of methoxy groups -OCH3 is 1. The molecule has 0 fully saturated rings. The summed E-state index contributed by atoms with van der Waals surface area (Å²) < 4.78 is 5.00. The van der Waals surface area contributed by atoms with Gasteiger partial charge in [0.2, 0.25) is 0 Å². The van der Waals surface area contributed by atoms with Crippen LogP contribution >= 0.6 is 11.6 Å². The van der Waals surface area contributed by atoms with Crippen molar-refractivity contribution in [1.29, 1.82) is 0 Å². The fourth-order valence-electron chi connectivity index (χ4n) is 1.47. The Bertz CT molecular complexity index is 383. The lowest BCUT2D eigenvalue weighted by Crippen LogP contribution is -2.39. The van der Waals surface area contributed by atoms with Gasteiger partial charge in [0.1, 0.15) is 0 Å². The number of halogens is 1. The van der Waals surface area contributed by atoms with Gasteiger partial charge in [0.05, 0.1) is 17.2 Å². The predicted molar refractivity (Wildman–Crippen MR) is 67.3 cm³/mol. The maximum Gasteiger partial charge on any atom is 0.257 e. The van der Waals surface area contributed by atoms with Crippen LogP contribution < -0.4 is 0 Å². The highest BCUT2D eigenvalue weighted by Crippen LogP contribution is 2.17. The van der Waals surface area contributed by atoms with Crippen molar-refractivity contribution in [3.63, 3.8) is 0 Å². The Labute approximate surface area is 107 Å². The van der Waals surface area contributed by atoms with Gasteiger partial charge in [-0.1, -0.05) is 11.6 Å². The van der Waals surface area contributed by atoms with E-state index in [-0.39, 0.29) is 11.9 Å². The number of nitrogens with zero attached hydrogens (tertiary/aromatic N) is 2. The van der Waals surface area contributed by atoms with Crippen LogP contribution in [0.1, 0.15) is 24.2 Å². The third-order valence-corrected chi connectivity index (χ3v) is 2.75. The number of carbonyl (C=O) groups excluding carboxylic acids is 1. The summed E-state index contributed by atoms with van der Waals surface area (Å²) in [5, 5.41) is 0.424. The zero-order valence-electron chi connectivity index (χ0n) is 10.3. The summed E-state index contributed by atoms with van der Waals surface area (Å²) in [7, 11) is 1.61. The molecule has 0 aliphatic rings. The molecular weight excluding hydrogens is 240 g/mol. The summed E-state index contributed by atoms with van der Waals surface area (Å²) in [6.45, 7) is 4.95. The Kier molecular flexibility index (Phi) is 5.38. The molecule has 94 valence electrons. The first-order valence-corrected chi connectivity index (χ1v) is 5.85. The van der Waals surface area contributed by atoms with E-state index in [4.69, 9.17) is 16.3 Å². The van der Waals surface area contributed by atoms with Crippen LogP contribution in [0.2, 0.25) is 5.02 Å². The molecule has 0 bridgehead atoms. The van der Waals surface area contributed by atoms with E-state index in [1.807, 2.05) is 13.8 Å². The molecule has 0 aliphatic heterocycles. The second-order valence-corrected chi connectivity index (χ2v) is 4.35. The van der Waals surface area contributed by atoms with Crippen molar-refractivity contribution >= 4 is 17.5 Å². The molecule has 1 aromatic heterocycles. The first kappa shape index (κ1) is 13.9. The maximum absolute atomic E-state index is 12.3. The lowest BCUT2D eigenvalue weighted by Gasteiger charge is -2.26. The number of hydrogen-bond donors (Lipinski definition) is 0. The third-order valence-electron chi connectivity index (χ3n) is 2.42. The minimum absolute atomic E-state index is 0.0916. The molecule has 0 saturated carbocycles. The van der Waals surface area contributed by atoms with E-state index in [0.29, 0.717) is 23.7 Å². The van der Waals surface area contributed by atoms with Gasteiger partial charge < -0.3 is 9.64 Å². The van der Waals surface area contributed by atoms with Crippen LogP contribution in [0.25, 0.3) is 0 Å². The summed E-state index contributed by atoms with van der Waals surface area (Å²) in [6, 6.07) is 1.71. The Morgan fingerprint density at radius 3 is 2.82 bits per heavy atom. The van der Waals surface area contributed by atoms with Crippen molar-refractivity contribution in [1.82, 2.24) is 9.88 Å². The normalized spacial score (nSPS) is 10.6. The van der Waals surface area contributed by atoms with Gasteiger partial charge >= 0.3 is 0 Å². The van der Waals surface area contributed by atoms with Gasteiger partial charge in [-0.25, -0.2) is 0 Å². The van der Waals surface area contributed by atoms with Crippen molar-refractivity contribution in [2.45, 2.75) is 19.9 Å². The van der Waals surface area contributed by atoms with E-state index in [2.05, 4.69) is 4.98 Å². The molecule has 0 atom stereocenters. The number of carbonyl (C=O) groups is 1. The highest BCUT2D eigenvalue weighted by molar-refractivity contribution is 6.33. The molecular formula is C12H17ClN2O2. The summed E-state index contributed by atoms with van der Waals surface area (Å²) in [5.41, 5.74) is 0.430. The zero-order chi connectivity index (χ0) is 12.8. The number of hydrogen-bond acceptors (Lipinski definition) is 3. The Hall–Kier alpha value is -1.13. The Balaban J connectivity index is 2.88. The van der Waals surface area contributed by atoms with Gasteiger partial charge in [-0.3, -0.25) is 9.78 Å². The summed E-state index contributed by atoms with van der Waals surface area (Å²) >= 11 is 5.98. The summed E-state index contributed by atoms with van der Waals surface area (Å²) in [4.78, 5) is 17.9. The molecule has 0 unspecified atom stereocenters. The van der Waals surface area contributed by atoms with E-state index in [0.717, 1.165) is 0 Å². The van der Waals surface area contributed by atoms with Gasteiger partial charge in [-0.15, -0.1) is 0 Å². The molecule has 5 heteroatoms. The quantitative estimate of drug-likeness (QED) is 0.811. The average molecular weight is 257 g/mol. The summed E-state index contributed by atoms with van der Waals surface area (Å²) in [6.07, 6.45) is 3.06. The molecule has 4 nitrogen and oxygen atoms in total. The molecule has 0 radical (unpaired) electrons. The van der Waals surface area contributed by atoms with Crippen LogP contribution in [-0.4, -0.2) is 42.1 Å². The van der Waals surface area contributed by atoms with Crippen LogP contribution in [0.15, 0.2) is 18.5 Å². The highest BCUT2D eigenvalue weighted by Gasteiger charge is 2.20. The fourth-order valence-corrected chi connectivity index (χ4v) is 1.66. The smallest absolute Gasteiger partial charge is 0.257 e. The zero-order valence-corrected chi connectivity index (χ0v) is 11.1. The topological polar surface area (TPSA) is 42.4 Å². The van der Waals surface area contributed by atoms with E-state index < -0.39 is 0 Å². The average Bonchev–Trinajstić information content (AvgIpc) is 2.29. The van der Waals surface area contributed by atoms with E-state index in [1.54, 1.807) is 24.3 Å². The van der Waals surface area contributed by atoms with Gasteiger partial charge in [0.25, 0.3) is 5.91 Å². The Morgan fingerprint density at radius 1 is 1.59 bits per heavy atom. The molecule has 0 saturated heterocycles. The minimum atomic E-state index is -0.116. The van der Waals surface area contributed by atoms with Gasteiger partial charge in [-0.2, -0.15) is 0 Å². The van der Waals surface area contributed by atoms with Gasteiger partial charge in [-0.05, 0) is 19.9 Å². The molecule has 1 rings (SSSR count). The molecule has 1 aromatic rings. The molecule has 0 aromatic carbocycles. The van der Waals surface area contributed by atoms with Crippen molar-refractivity contribution in [2.24, 2.45) is 0 Å².